The largest absolute Gasteiger partial charge is 0.332 e. The first-order valence-electron chi connectivity index (χ1n) is 6.09. The number of carbonyl (C=O) groups is 1. The van der Waals surface area contributed by atoms with Gasteiger partial charge in [0, 0.05) is 24.0 Å². The molecule has 0 bridgehead atoms. The Balaban J connectivity index is 1.89. The standard InChI is InChI=1S/C11H17N7OS/c1-11(2,3)8-14-10(20-16-8)15-9(19)12-5-7-6-13-17-18(7)4/h6H,5H2,1-4H3,(H2,12,14,15,16,19). The van der Waals surface area contributed by atoms with Gasteiger partial charge >= 0.3 is 6.03 Å². The van der Waals surface area contributed by atoms with Crippen molar-refractivity contribution in [2.75, 3.05) is 5.32 Å². The first-order chi connectivity index (χ1) is 9.36. The molecule has 2 amide bonds. The molecule has 0 radical (unpaired) electrons. The lowest BCUT2D eigenvalue weighted by atomic mass is 9.96. The maximum atomic E-state index is 11.7. The Kier molecular flexibility index (Phi) is 3.98. The Morgan fingerprint density at radius 3 is 2.75 bits per heavy atom. The molecule has 2 rings (SSSR count). The topological polar surface area (TPSA) is 97.6 Å². The maximum absolute atomic E-state index is 11.7. The second-order valence-electron chi connectivity index (χ2n) is 5.33. The van der Waals surface area contributed by atoms with Gasteiger partial charge in [-0.1, -0.05) is 26.0 Å². The van der Waals surface area contributed by atoms with Crippen molar-refractivity contribution in [1.29, 1.82) is 0 Å². The number of nitrogens with one attached hydrogen (secondary N) is 2. The van der Waals surface area contributed by atoms with Crippen molar-refractivity contribution in [3.63, 3.8) is 0 Å². The number of anilines is 1. The van der Waals surface area contributed by atoms with Crippen LogP contribution < -0.4 is 10.6 Å². The van der Waals surface area contributed by atoms with Crippen molar-refractivity contribution >= 4 is 22.7 Å². The SMILES string of the molecule is Cn1nncc1CNC(=O)Nc1nc(C(C)(C)C)ns1. The number of aryl methyl sites for hydroxylation is 1. The molecular weight excluding hydrogens is 278 g/mol. The molecule has 20 heavy (non-hydrogen) atoms. The number of carbonyl (C=O) groups excluding carboxylic acids is 1. The van der Waals surface area contributed by atoms with Crippen molar-refractivity contribution in [3.05, 3.63) is 17.7 Å². The molecule has 0 aliphatic carbocycles. The van der Waals surface area contributed by atoms with E-state index in [-0.39, 0.29) is 11.4 Å². The summed E-state index contributed by atoms with van der Waals surface area (Å²) in [7, 11) is 1.77. The minimum absolute atomic E-state index is 0.132. The Morgan fingerprint density at radius 2 is 2.20 bits per heavy atom. The van der Waals surface area contributed by atoms with E-state index in [1.807, 2.05) is 20.8 Å². The predicted octanol–water partition coefficient (Wildman–Crippen LogP) is 1.29. The number of hydrogen-bond donors (Lipinski definition) is 2. The van der Waals surface area contributed by atoms with Gasteiger partial charge in [-0.05, 0) is 0 Å². The van der Waals surface area contributed by atoms with Gasteiger partial charge in [0.15, 0.2) is 0 Å². The predicted molar refractivity (Wildman–Crippen MR) is 75.5 cm³/mol. The molecule has 0 fully saturated rings. The summed E-state index contributed by atoms with van der Waals surface area (Å²) in [5.74, 6) is 0.716. The Labute approximate surface area is 120 Å². The summed E-state index contributed by atoms with van der Waals surface area (Å²) >= 11 is 1.17. The van der Waals surface area contributed by atoms with Crippen LogP contribution in [0.1, 0.15) is 32.3 Å². The summed E-state index contributed by atoms with van der Waals surface area (Å²) in [6.45, 7) is 6.41. The van der Waals surface area contributed by atoms with Gasteiger partial charge in [0.25, 0.3) is 0 Å². The monoisotopic (exact) mass is 295 g/mol. The average Bonchev–Trinajstić information content (AvgIpc) is 2.95. The van der Waals surface area contributed by atoms with Crippen LogP contribution in [0.15, 0.2) is 6.20 Å². The lowest BCUT2D eigenvalue weighted by Gasteiger charge is -2.12. The molecule has 2 aromatic rings. The zero-order valence-electron chi connectivity index (χ0n) is 11.8. The molecule has 8 nitrogen and oxygen atoms in total. The fraction of sp³-hybridized carbons (Fsp3) is 0.545. The van der Waals surface area contributed by atoms with Crippen LogP contribution in [0.25, 0.3) is 0 Å². The van der Waals surface area contributed by atoms with Crippen molar-refractivity contribution in [2.24, 2.45) is 7.05 Å². The lowest BCUT2D eigenvalue weighted by Crippen LogP contribution is -2.29. The smallest absolute Gasteiger partial charge is 0.321 e. The number of nitrogens with zero attached hydrogens (tertiary/aromatic N) is 5. The quantitative estimate of drug-likeness (QED) is 0.889. The second-order valence-corrected chi connectivity index (χ2v) is 6.08. The minimum atomic E-state index is -0.331. The summed E-state index contributed by atoms with van der Waals surface area (Å²) in [6.07, 6.45) is 1.60. The number of amides is 2. The van der Waals surface area contributed by atoms with E-state index in [2.05, 4.69) is 30.3 Å². The molecule has 0 unspecified atom stereocenters. The summed E-state index contributed by atoms with van der Waals surface area (Å²) in [5.41, 5.74) is 0.681. The molecule has 0 saturated heterocycles. The van der Waals surface area contributed by atoms with Crippen LogP contribution in [0.3, 0.4) is 0 Å². The fourth-order valence-electron chi connectivity index (χ4n) is 1.36. The minimum Gasteiger partial charge on any atom is -0.332 e. The van der Waals surface area contributed by atoms with E-state index in [1.165, 1.54) is 11.5 Å². The highest BCUT2D eigenvalue weighted by Gasteiger charge is 2.20. The first-order valence-corrected chi connectivity index (χ1v) is 6.86. The normalized spacial score (nSPS) is 11.4. The average molecular weight is 295 g/mol. The zero-order chi connectivity index (χ0) is 14.8. The van der Waals surface area contributed by atoms with Gasteiger partial charge in [0.2, 0.25) is 5.13 Å². The number of urea groups is 1. The van der Waals surface area contributed by atoms with Gasteiger partial charge in [-0.25, -0.2) is 9.78 Å². The van der Waals surface area contributed by atoms with Crippen LogP contribution in [-0.4, -0.2) is 30.4 Å². The van der Waals surface area contributed by atoms with E-state index in [4.69, 9.17) is 0 Å². The Morgan fingerprint density at radius 1 is 1.45 bits per heavy atom. The van der Waals surface area contributed by atoms with E-state index < -0.39 is 0 Å². The van der Waals surface area contributed by atoms with E-state index in [9.17, 15) is 4.79 Å². The van der Waals surface area contributed by atoms with Gasteiger partial charge in [0.05, 0.1) is 18.4 Å². The van der Waals surface area contributed by atoms with Crippen molar-refractivity contribution in [2.45, 2.75) is 32.7 Å². The van der Waals surface area contributed by atoms with Gasteiger partial charge in [-0.15, -0.1) is 5.10 Å². The lowest BCUT2D eigenvalue weighted by molar-refractivity contribution is 0.251. The summed E-state index contributed by atoms with van der Waals surface area (Å²) in [5, 5.41) is 13.4. The zero-order valence-corrected chi connectivity index (χ0v) is 12.7. The molecule has 2 N–H and O–H groups in total. The van der Waals surface area contributed by atoms with Gasteiger partial charge in [-0.3, -0.25) is 10.00 Å². The highest BCUT2D eigenvalue weighted by Crippen LogP contribution is 2.22. The highest BCUT2D eigenvalue weighted by atomic mass is 32.1. The molecule has 0 aliphatic heterocycles. The van der Waals surface area contributed by atoms with Crippen molar-refractivity contribution in [1.82, 2.24) is 29.7 Å². The molecule has 0 atom stereocenters. The van der Waals surface area contributed by atoms with Crippen LogP contribution in [0, 0.1) is 0 Å². The third-order valence-corrected chi connectivity index (χ3v) is 3.19. The fourth-order valence-corrected chi connectivity index (χ4v) is 2.12. The molecule has 9 heteroatoms. The van der Waals surface area contributed by atoms with Crippen molar-refractivity contribution in [3.8, 4) is 0 Å². The van der Waals surface area contributed by atoms with Crippen LogP contribution in [0.4, 0.5) is 9.93 Å². The van der Waals surface area contributed by atoms with E-state index in [1.54, 1.807) is 17.9 Å². The molecular formula is C11H17N7OS. The number of rotatable bonds is 3. The molecule has 2 heterocycles. The van der Waals surface area contributed by atoms with Crippen LogP contribution in [0.5, 0.6) is 0 Å². The molecule has 0 aromatic carbocycles. The van der Waals surface area contributed by atoms with Gasteiger partial charge < -0.3 is 5.32 Å². The van der Waals surface area contributed by atoms with E-state index >= 15 is 0 Å². The Bertz CT molecular complexity index is 598. The van der Waals surface area contributed by atoms with Crippen molar-refractivity contribution < 1.29 is 4.79 Å². The summed E-state index contributed by atoms with van der Waals surface area (Å²) < 4.78 is 5.83. The molecule has 108 valence electrons. The highest BCUT2D eigenvalue weighted by molar-refractivity contribution is 7.09. The third-order valence-electron chi connectivity index (χ3n) is 2.56. The van der Waals surface area contributed by atoms with Gasteiger partial charge in [0.1, 0.15) is 5.82 Å². The third kappa shape index (κ3) is 3.50. The van der Waals surface area contributed by atoms with Crippen LogP contribution in [0.2, 0.25) is 0 Å². The number of aromatic nitrogens is 5. The Hall–Kier alpha value is -2.03. The van der Waals surface area contributed by atoms with E-state index in [0.717, 1.165) is 5.69 Å². The molecule has 0 spiro atoms. The maximum Gasteiger partial charge on any atom is 0.321 e. The van der Waals surface area contributed by atoms with Gasteiger partial charge in [-0.2, -0.15) is 4.37 Å². The summed E-state index contributed by atoms with van der Waals surface area (Å²) in [6, 6.07) is -0.331. The molecule has 0 saturated carbocycles. The van der Waals surface area contributed by atoms with Crippen LogP contribution in [-0.2, 0) is 19.0 Å². The van der Waals surface area contributed by atoms with Crippen LogP contribution >= 0.6 is 11.5 Å². The number of hydrogen-bond acceptors (Lipinski definition) is 6. The second kappa shape index (κ2) is 5.53. The first kappa shape index (κ1) is 14.4. The van der Waals surface area contributed by atoms with E-state index in [0.29, 0.717) is 17.5 Å². The summed E-state index contributed by atoms with van der Waals surface area (Å²) in [4.78, 5) is 16.0. The molecule has 0 aliphatic rings. The molecule has 2 aromatic heterocycles.